The summed E-state index contributed by atoms with van der Waals surface area (Å²) < 4.78 is 19.6. The third-order valence-electron chi connectivity index (χ3n) is 4.72. The van der Waals surface area contributed by atoms with E-state index in [0.717, 1.165) is 17.5 Å². The summed E-state index contributed by atoms with van der Waals surface area (Å²) >= 11 is 0. The first-order chi connectivity index (χ1) is 16.1. The molecule has 0 spiro atoms. The second kappa shape index (κ2) is 12.4. The Balaban J connectivity index is 0.000000378. The molecule has 2 heterocycles. The SMILES string of the molecule is COc1cc(CNC(=O)c2cc(C)nc(C)n2)ccc1F.Cn1ccc([C@@H](O)CC=N)cc1=O.[HH]. The van der Waals surface area contributed by atoms with Crippen molar-refractivity contribution in [2.24, 2.45) is 7.05 Å². The van der Waals surface area contributed by atoms with Crippen LogP contribution >= 0.6 is 0 Å². The minimum absolute atomic E-state index is 0. The van der Waals surface area contributed by atoms with E-state index in [4.69, 9.17) is 10.1 Å². The van der Waals surface area contributed by atoms with E-state index < -0.39 is 11.9 Å². The van der Waals surface area contributed by atoms with E-state index in [1.54, 1.807) is 51.4 Å². The molecule has 1 atom stereocenters. The highest BCUT2D eigenvalue weighted by Gasteiger charge is 2.10. The molecule has 9 nitrogen and oxygen atoms in total. The Morgan fingerprint density at radius 3 is 2.65 bits per heavy atom. The summed E-state index contributed by atoms with van der Waals surface area (Å²) in [5.41, 5.74) is 2.20. The molecule has 0 fully saturated rings. The van der Waals surface area contributed by atoms with Gasteiger partial charge in [0.2, 0.25) is 0 Å². The van der Waals surface area contributed by atoms with E-state index >= 15 is 0 Å². The zero-order valence-corrected chi connectivity index (χ0v) is 19.5. The van der Waals surface area contributed by atoms with Crippen LogP contribution < -0.4 is 15.6 Å². The van der Waals surface area contributed by atoms with Crippen molar-refractivity contribution in [1.82, 2.24) is 19.9 Å². The lowest BCUT2D eigenvalue weighted by Crippen LogP contribution is -2.24. The highest BCUT2D eigenvalue weighted by Crippen LogP contribution is 2.18. The molecular weight excluding hydrogens is 441 g/mol. The van der Waals surface area contributed by atoms with Gasteiger partial charge >= 0.3 is 0 Å². The molecule has 0 radical (unpaired) electrons. The molecule has 0 aliphatic carbocycles. The normalized spacial score (nSPS) is 11.1. The molecule has 0 saturated heterocycles. The molecule has 0 bridgehead atoms. The van der Waals surface area contributed by atoms with Crippen LogP contribution in [0.5, 0.6) is 5.75 Å². The average molecular weight is 472 g/mol. The van der Waals surface area contributed by atoms with Crippen LogP contribution in [0.3, 0.4) is 0 Å². The Bertz CT molecular complexity index is 1200. The first-order valence-electron chi connectivity index (χ1n) is 10.4. The van der Waals surface area contributed by atoms with Crippen molar-refractivity contribution in [3.8, 4) is 5.75 Å². The van der Waals surface area contributed by atoms with Crippen LogP contribution in [0.1, 0.15) is 47.1 Å². The van der Waals surface area contributed by atoms with E-state index in [1.807, 2.05) is 0 Å². The third kappa shape index (κ3) is 7.59. The largest absolute Gasteiger partial charge is 0.494 e. The number of aromatic nitrogens is 3. The Morgan fingerprint density at radius 2 is 2.03 bits per heavy atom. The number of carbonyl (C=O) groups excluding carboxylic acids is 1. The maximum absolute atomic E-state index is 13.3. The summed E-state index contributed by atoms with van der Waals surface area (Å²) in [5.74, 6) is -0.0411. The topological polar surface area (TPSA) is 130 Å². The fourth-order valence-corrected chi connectivity index (χ4v) is 2.94. The van der Waals surface area contributed by atoms with Crippen LogP contribution in [-0.2, 0) is 13.6 Å². The number of aliphatic hydroxyl groups excluding tert-OH is 1. The van der Waals surface area contributed by atoms with Gasteiger partial charge in [0.15, 0.2) is 11.6 Å². The molecule has 2 aromatic heterocycles. The van der Waals surface area contributed by atoms with Gasteiger partial charge in [0.25, 0.3) is 11.5 Å². The highest BCUT2D eigenvalue weighted by atomic mass is 19.1. The van der Waals surface area contributed by atoms with Crippen molar-refractivity contribution in [2.45, 2.75) is 32.9 Å². The van der Waals surface area contributed by atoms with Gasteiger partial charge in [0.05, 0.1) is 13.2 Å². The summed E-state index contributed by atoms with van der Waals surface area (Å²) in [6.45, 7) is 3.79. The van der Waals surface area contributed by atoms with Crippen LogP contribution in [0.15, 0.2) is 47.4 Å². The van der Waals surface area contributed by atoms with Crippen molar-refractivity contribution < 1.29 is 20.5 Å². The molecule has 0 aliphatic rings. The molecule has 3 rings (SSSR count). The zero-order chi connectivity index (χ0) is 25.3. The maximum Gasteiger partial charge on any atom is 0.270 e. The molecule has 182 valence electrons. The van der Waals surface area contributed by atoms with Crippen molar-refractivity contribution >= 4 is 12.1 Å². The van der Waals surface area contributed by atoms with Crippen LogP contribution in [0.2, 0.25) is 0 Å². The number of ether oxygens (including phenoxy) is 1. The number of nitrogens with zero attached hydrogens (tertiary/aromatic N) is 3. The average Bonchev–Trinajstić information content (AvgIpc) is 2.80. The second-order valence-corrected chi connectivity index (χ2v) is 7.46. The van der Waals surface area contributed by atoms with Crippen LogP contribution in [0, 0.1) is 25.1 Å². The van der Waals surface area contributed by atoms with E-state index in [0.29, 0.717) is 17.1 Å². The Labute approximate surface area is 198 Å². The number of aryl methyl sites for hydroxylation is 3. The lowest BCUT2D eigenvalue weighted by Gasteiger charge is -2.08. The quantitative estimate of drug-likeness (QED) is 0.454. The number of hydrogen-bond donors (Lipinski definition) is 3. The summed E-state index contributed by atoms with van der Waals surface area (Å²) in [6, 6.07) is 9.12. The van der Waals surface area contributed by atoms with E-state index in [2.05, 4.69) is 15.3 Å². The van der Waals surface area contributed by atoms with Crippen molar-refractivity contribution in [3.05, 3.63) is 87.1 Å². The minimum Gasteiger partial charge on any atom is -0.494 e. The zero-order valence-electron chi connectivity index (χ0n) is 19.5. The summed E-state index contributed by atoms with van der Waals surface area (Å²) in [7, 11) is 3.04. The fraction of sp³-hybridized carbons (Fsp3) is 0.292. The van der Waals surface area contributed by atoms with E-state index in [9.17, 15) is 19.1 Å². The van der Waals surface area contributed by atoms with Crippen molar-refractivity contribution in [3.63, 3.8) is 0 Å². The number of halogens is 1. The highest BCUT2D eigenvalue weighted by molar-refractivity contribution is 5.92. The van der Waals surface area contributed by atoms with Gasteiger partial charge in [-0.1, -0.05) is 6.07 Å². The molecular formula is C24H30FN5O4. The van der Waals surface area contributed by atoms with Gasteiger partial charge in [-0.3, -0.25) is 9.59 Å². The number of pyridine rings is 1. The molecule has 0 aliphatic heterocycles. The fourth-order valence-electron chi connectivity index (χ4n) is 2.94. The molecule has 1 amide bonds. The summed E-state index contributed by atoms with van der Waals surface area (Å²) in [4.78, 5) is 31.4. The number of amides is 1. The number of carbonyl (C=O) groups is 1. The standard InChI is InChI=1S/C15H16FN3O2.C9H12N2O2.H2/c1-9-6-13(19-10(2)18-9)15(20)17-8-11-4-5-12(16)14(7-11)21-3;1-11-5-3-7(6-9(11)13)8(12)2-4-10;/h4-7H,8H2,1-3H3,(H,17,20);3-6,8,10,12H,2H2,1H3;1H/t;8-;/m.0./s1. The number of rotatable bonds is 7. The van der Waals surface area contributed by atoms with Gasteiger partial charge in [-0.25, -0.2) is 14.4 Å². The smallest absolute Gasteiger partial charge is 0.270 e. The van der Waals surface area contributed by atoms with Gasteiger partial charge in [-0.2, -0.15) is 0 Å². The van der Waals surface area contributed by atoms with Crippen LogP contribution in [0.25, 0.3) is 0 Å². The van der Waals surface area contributed by atoms with Gasteiger partial charge in [0, 0.05) is 39.4 Å². The number of aliphatic hydroxyl groups is 1. The third-order valence-corrected chi connectivity index (χ3v) is 4.72. The molecule has 1 aromatic carbocycles. The molecule has 3 N–H and O–H groups in total. The van der Waals surface area contributed by atoms with Gasteiger partial charge in [-0.15, -0.1) is 0 Å². The van der Waals surface area contributed by atoms with Crippen molar-refractivity contribution in [1.29, 1.82) is 5.41 Å². The number of benzene rings is 1. The minimum atomic E-state index is -0.744. The molecule has 10 heteroatoms. The number of methoxy groups -OCH3 is 1. The van der Waals surface area contributed by atoms with Gasteiger partial charge < -0.3 is 25.1 Å². The van der Waals surface area contributed by atoms with E-state index in [1.165, 1.54) is 23.8 Å². The Morgan fingerprint density at radius 1 is 1.29 bits per heavy atom. The molecule has 0 saturated carbocycles. The predicted molar refractivity (Wildman–Crippen MR) is 128 cm³/mol. The number of hydrogen-bond acceptors (Lipinski definition) is 7. The Kier molecular flexibility index (Phi) is 9.57. The monoisotopic (exact) mass is 471 g/mol. The van der Waals surface area contributed by atoms with Gasteiger partial charge in [0.1, 0.15) is 11.5 Å². The summed E-state index contributed by atoms with van der Waals surface area (Å²) in [5, 5.41) is 19.0. The Hall–Kier alpha value is -3.92. The molecule has 34 heavy (non-hydrogen) atoms. The van der Waals surface area contributed by atoms with Gasteiger partial charge in [-0.05, 0) is 55.5 Å². The maximum atomic E-state index is 13.3. The van der Waals surface area contributed by atoms with Crippen LogP contribution in [-0.4, -0.2) is 38.9 Å². The lowest BCUT2D eigenvalue weighted by atomic mass is 10.1. The van der Waals surface area contributed by atoms with E-state index in [-0.39, 0.29) is 31.6 Å². The molecule has 3 aromatic rings. The second-order valence-electron chi connectivity index (χ2n) is 7.46. The van der Waals surface area contributed by atoms with Crippen LogP contribution in [0.4, 0.5) is 4.39 Å². The van der Waals surface area contributed by atoms with Crippen molar-refractivity contribution in [2.75, 3.05) is 7.11 Å². The number of nitrogens with one attached hydrogen (secondary N) is 2. The first-order valence-corrected chi connectivity index (χ1v) is 10.4. The predicted octanol–water partition coefficient (Wildman–Crippen LogP) is 2.88. The first kappa shape index (κ1) is 26.3. The summed E-state index contributed by atoms with van der Waals surface area (Å²) in [6.07, 6.45) is 2.23. The molecule has 0 unspecified atom stereocenters. The lowest BCUT2D eigenvalue weighted by molar-refractivity contribution is 0.0945.